The van der Waals surface area contributed by atoms with Crippen LogP contribution in [0.5, 0.6) is 0 Å². The maximum Gasteiger partial charge on any atom is 0.227 e. The molecule has 1 aliphatic rings. The fourth-order valence-corrected chi connectivity index (χ4v) is 2.28. The van der Waals surface area contributed by atoms with Gasteiger partial charge < -0.3 is 9.32 Å². The molecule has 2 heterocycles. The van der Waals surface area contributed by atoms with Gasteiger partial charge in [0.25, 0.3) is 0 Å². The molecular formula is C13H21N3O2. The summed E-state index contributed by atoms with van der Waals surface area (Å²) in [5.74, 6) is 1.85. The number of aromatic nitrogens is 2. The largest absolute Gasteiger partial charge is 0.425 e. The van der Waals surface area contributed by atoms with Crippen molar-refractivity contribution in [3.8, 4) is 0 Å². The van der Waals surface area contributed by atoms with E-state index in [1.165, 1.54) is 0 Å². The minimum Gasteiger partial charge on any atom is -0.425 e. The number of nitrogens with zero attached hydrogens (tertiary/aromatic N) is 3. The van der Waals surface area contributed by atoms with Crippen LogP contribution in [0.25, 0.3) is 0 Å². The molecule has 0 aromatic carbocycles. The van der Waals surface area contributed by atoms with E-state index in [2.05, 4.69) is 10.2 Å². The summed E-state index contributed by atoms with van der Waals surface area (Å²) in [6.45, 7) is 9.24. The Balaban J connectivity index is 1.94. The third-order valence-electron chi connectivity index (χ3n) is 3.31. The highest BCUT2D eigenvalue weighted by Gasteiger charge is 2.32. The molecule has 18 heavy (non-hydrogen) atoms. The fourth-order valence-electron chi connectivity index (χ4n) is 2.28. The van der Waals surface area contributed by atoms with Crippen molar-refractivity contribution in [1.29, 1.82) is 0 Å². The standard InChI is InChI=1S/C13H21N3O2/c1-9-14-15-11(18-9)10-5-7-16(8-6-10)12(17)13(2,3)4/h10H,5-8H2,1-4H3. The van der Waals surface area contributed by atoms with E-state index in [0.29, 0.717) is 11.8 Å². The number of likely N-dealkylation sites (tertiary alicyclic amines) is 1. The number of carbonyl (C=O) groups excluding carboxylic acids is 1. The lowest BCUT2D eigenvalue weighted by Gasteiger charge is -2.34. The molecule has 1 saturated heterocycles. The van der Waals surface area contributed by atoms with Crippen LogP contribution in [0, 0.1) is 12.3 Å². The van der Waals surface area contributed by atoms with Gasteiger partial charge in [-0.1, -0.05) is 20.8 Å². The normalized spacial score (nSPS) is 18.1. The van der Waals surface area contributed by atoms with Crippen LogP contribution < -0.4 is 0 Å². The van der Waals surface area contributed by atoms with Crippen LogP contribution >= 0.6 is 0 Å². The molecule has 0 N–H and O–H groups in total. The molecule has 0 saturated carbocycles. The first-order chi connectivity index (χ1) is 8.38. The van der Waals surface area contributed by atoms with Gasteiger partial charge in [0.15, 0.2) is 0 Å². The second kappa shape index (κ2) is 4.71. The molecule has 1 amide bonds. The number of piperidine rings is 1. The van der Waals surface area contributed by atoms with E-state index in [-0.39, 0.29) is 11.3 Å². The predicted molar refractivity (Wildman–Crippen MR) is 67.0 cm³/mol. The summed E-state index contributed by atoms with van der Waals surface area (Å²) in [6, 6.07) is 0. The Labute approximate surface area is 108 Å². The van der Waals surface area contributed by atoms with E-state index in [1.807, 2.05) is 25.7 Å². The average Bonchev–Trinajstić information content (AvgIpc) is 2.74. The zero-order valence-electron chi connectivity index (χ0n) is 11.6. The molecule has 5 nitrogen and oxygen atoms in total. The Kier molecular flexibility index (Phi) is 3.41. The molecule has 0 unspecified atom stereocenters. The predicted octanol–water partition coefficient (Wildman–Crippen LogP) is 2.13. The summed E-state index contributed by atoms with van der Waals surface area (Å²) < 4.78 is 5.46. The zero-order chi connectivity index (χ0) is 13.3. The number of amides is 1. The van der Waals surface area contributed by atoms with Gasteiger partial charge in [-0.3, -0.25) is 4.79 Å². The van der Waals surface area contributed by atoms with Crippen molar-refractivity contribution in [2.75, 3.05) is 13.1 Å². The van der Waals surface area contributed by atoms with Gasteiger partial charge in [-0.05, 0) is 12.8 Å². The molecule has 0 radical (unpaired) electrons. The van der Waals surface area contributed by atoms with Gasteiger partial charge in [-0.2, -0.15) is 0 Å². The molecule has 100 valence electrons. The first-order valence-electron chi connectivity index (χ1n) is 6.47. The number of hydrogen-bond donors (Lipinski definition) is 0. The smallest absolute Gasteiger partial charge is 0.227 e. The summed E-state index contributed by atoms with van der Waals surface area (Å²) in [6.07, 6.45) is 1.81. The summed E-state index contributed by atoms with van der Waals surface area (Å²) in [5.41, 5.74) is -0.298. The molecule has 0 aliphatic carbocycles. The van der Waals surface area contributed by atoms with Gasteiger partial charge in [0.1, 0.15) is 0 Å². The second-order valence-electron chi connectivity index (χ2n) is 5.98. The lowest BCUT2D eigenvalue weighted by molar-refractivity contribution is -0.140. The first-order valence-corrected chi connectivity index (χ1v) is 6.47. The molecule has 0 spiro atoms. The number of carbonyl (C=O) groups is 1. The Morgan fingerprint density at radius 1 is 1.28 bits per heavy atom. The van der Waals surface area contributed by atoms with E-state index < -0.39 is 0 Å². The monoisotopic (exact) mass is 251 g/mol. The highest BCUT2D eigenvalue weighted by Crippen LogP contribution is 2.29. The first kappa shape index (κ1) is 13.1. The van der Waals surface area contributed by atoms with E-state index in [9.17, 15) is 4.79 Å². The molecular weight excluding hydrogens is 230 g/mol. The van der Waals surface area contributed by atoms with Gasteiger partial charge in [0.2, 0.25) is 17.7 Å². The topological polar surface area (TPSA) is 59.2 Å². The third-order valence-corrected chi connectivity index (χ3v) is 3.31. The van der Waals surface area contributed by atoms with Crippen LogP contribution in [0.15, 0.2) is 4.42 Å². The Bertz CT molecular complexity index is 426. The van der Waals surface area contributed by atoms with Gasteiger partial charge in [0, 0.05) is 31.3 Å². The van der Waals surface area contributed by atoms with E-state index in [4.69, 9.17) is 4.42 Å². The molecule has 0 atom stereocenters. The van der Waals surface area contributed by atoms with Gasteiger partial charge >= 0.3 is 0 Å². The maximum atomic E-state index is 12.1. The van der Waals surface area contributed by atoms with Crippen molar-refractivity contribution in [2.24, 2.45) is 5.41 Å². The molecule has 2 rings (SSSR count). The highest BCUT2D eigenvalue weighted by molar-refractivity contribution is 5.81. The number of rotatable bonds is 1. The maximum absolute atomic E-state index is 12.1. The van der Waals surface area contributed by atoms with Crippen LogP contribution in [0.3, 0.4) is 0 Å². The van der Waals surface area contributed by atoms with Crippen LogP contribution in [0.4, 0.5) is 0 Å². The Morgan fingerprint density at radius 2 is 1.89 bits per heavy atom. The van der Waals surface area contributed by atoms with Crippen molar-refractivity contribution in [3.63, 3.8) is 0 Å². The minimum atomic E-state index is -0.298. The van der Waals surface area contributed by atoms with Gasteiger partial charge in [-0.15, -0.1) is 10.2 Å². The van der Waals surface area contributed by atoms with E-state index in [1.54, 1.807) is 6.92 Å². The Hall–Kier alpha value is -1.39. The van der Waals surface area contributed by atoms with Crippen molar-refractivity contribution < 1.29 is 9.21 Å². The van der Waals surface area contributed by atoms with Crippen LogP contribution in [-0.2, 0) is 4.79 Å². The summed E-state index contributed by atoms with van der Waals surface area (Å²) in [7, 11) is 0. The number of aryl methyl sites for hydroxylation is 1. The van der Waals surface area contributed by atoms with Crippen LogP contribution in [0.2, 0.25) is 0 Å². The zero-order valence-corrected chi connectivity index (χ0v) is 11.6. The third kappa shape index (κ3) is 2.71. The van der Waals surface area contributed by atoms with E-state index >= 15 is 0 Å². The highest BCUT2D eigenvalue weighted by atomic mass is 16.4. The van der Waals surface area contributed by atoms with Crippen molar-refractivity contribution in [1.82, 2.24) is 15.1 Å². The molecule has 5 heteroatoms. The number of hydrogen-bond acceptors (Lipinski definition) is 4. The fraction of sp³-hybridized carbons (Fsp3) is 0.769. The second-order valence-corrected chi connectivity index (χ2v) is 5.98. The average molecular weight is 251 g/mol. The van der Waals surface area contributed by atoms with Gasteiger partial charge in [0.05, 0.1) is 0 Å². The summed E-state index contributed by atoms with van der Waals surface area (Å²) in [5, 5.41) is 7.93. The summed E-state index contributed by atoms with van der Waals surface area (Å²) >= 11 is 0. The molecule has 1 aromatic heterocycles. The van der Waals surface area contributed by atoms with Crippen molar-refractivity contribution in [3.05, 3.63) is 11.8 Å². The SMILES string of the molecule is Cc1nnc(C2CCN(C(=O)C(C)(C)C)CC2)o1. The molecule has 1 aromatic rings. The van der Waals surface area contributed by atoms with E-state index in [0.717, 1.165) is 31.8 Å². The molecule has 1 aliphatic heterocycles. The minimum absolute atomic E-state index is 0.225. The quantitative estimate of drug-likeness (QED) is 0.767. The lowest BCUT2D eigenvalue weighted by Crippen LogP contribution is -2.43. The summed E-state index contributed by atoms with van der Waals surface area (Å²) in [4.78, 5) is 14.1. The van der Waals surface area contributed by atoms with Crippen molar-refractivity contribution in [2.45, 2.75) is 46.5 Å². The van der Waals surface area contributed by atoms with Gasteiger partial charge in [-0.25, -0.2) is 0 Å². The lowest BCUT2D eigenvalue weighted by atomic mass is 9.91. The molecule has 1 fully saturated rings. The molecule has 0 bridgehead atoms. The Morgan fingerprint density at radius 3 is 2.33 bits per heavy atom. The van der Waals surface area contributed by atoms with Crippen LogP contribution in [-0.4, -0.2) is 34.1 Å². The van der Waals surface area contributed by atoms with Crippen molar-refractivity contribution >= 4 is 5.91 Å². The van der Waals surface area contributed by atoms with Crippen LogP contribution in [0.1, 0.15) is 51.3 Å².